The lowest BCUT2D eigenvalue weighted by atomic mass is 9.85. The summed E-state index contributed by atoms with van der Waals surface area (Å²) < 4.78 is 25.2. The lowest BCUT2D eigenvalue weighted by Gasteiger charge is -2.24. The Morgan fingerprint density at radius 2 is 1.79 bits per heavy atom. The zero-order chi connectivity index (χ0) is 19.6. The van der Waals surface area contributed by atoms with Crippen LogP contribution in [0.2, 0.25) is 0 Å². The van der Waals surface area contributed by atoms with Crippen LogP contribution >= 0.6 is 12.4 Å². The van der Waals surface area contributed by atoms with Crippen molar-refractivity contribution in [3.8, 4) is 0 Å². The molecule has 3 atom stereocenters. The molecule has 0 aromatic heterocycles. The van der Waals surface area contributed by atoms with Gasteiger partial charge < -0.3 is 10.6 Å². The van der Waals surface area contributed by atoms with Gasteiger partial charge in [0.25, 0.3) is 0 Å². The van der Waals surface area contributed by atoms with E-state index in [-0.39, 0.29) is 30.1 Å². The first kappa shape index (κ1) is 21.8. The number of nitrogens with one attached hydrogen (secondary N) is 2. The van der Waals surface area contributed by atoms with E-state index in [2.05, 4.69) is 10.6 Å². The van der Waals surface area contributed by atoms with Crippen molar-refractivity contribution in [3.63, 3.8) is 0 Å². The summed E-state index contributed by atoms with van der Waals surface area (Å²) in [6, 6.07) is 15.9. The van der Waals surface area contributed by atoms with E-state index in [1.165, 1.54) is 19.3 Å². The Kier molecular flexibility index (Phi) is 6.98. The van der Waals surface area contributed by atoms with E-state index < -0.39 is 9.84 Å². The quantitative estimate of drug-likeness (QED) is 0.747. The second-order valence-corrected chi connectivity index (χ2v) is 9.86. The van der Waals surface area contributed by atoms with Crippen molar-refractivity contribution in [1.82, 2.24) is 5.32 Å². The summed E-state index contributed by atoms with van der Waals surface area (Å²) in [6.45, 7) is 0. The minimum absolute atomic E-state index is 0. The standard InChI is InChI=1S/C22H26N2O3S.ClH/c25-22(21-14-17-8-4-5-12-20(17)24-21)23-18-9-6-7-16(13-18)15-28(26,27)19-10-2-1-3-11-19;/h1-3,6-7,9-11,13,17,20-21,24H,4-5,8,12,14-15H2,(H,23,25);1H. The maximum absolute atomic E-state index is 12.7. The van der Waals surface area contributed by atoms with Gasteiger partial charge in [0.05, 0.1) is 16.7 Å². The summed E-state index contributed by atoms with van der Waals surface area (Å²) in [7, 11) is -3.41. The molecule has 1 heterocycles. The van der Waals surface area contributed by atoms with Crippen molar-refractivity contribution in [2.24, 2.45) is 5.92 Å². The molecule has 2 N–H and O–H groups in total. The summed E-state index contributed by atoms with van der Waals surface area (Å²) in [5.74, 6) is 0.483. The van der Waals surface area contributed by atoms with Crippen molar-refractivity contribution < 1.29 is 13.2 Å². The third kappa shape index (κ3) is 5.18. The Bertz CT molecular complexity index is 936. The Morgan fingerprint density at radius 1 is 1.03 bits per heavy atom. The van der Waals surface area contributed by atoms with E-state index in [1.54, 1.807) is 54.6 Å². The highest BCUT2D eigenvalue weighted by molar-refractivity contribution is 7.90. The van der Waals surface area contributed by atoms with Gasteiger partial charge in [-0.3, -0.25) is 4.79 Å². The van der Waals surface area contributed by atoms with Crippen molar-refractivity contribution in [2.45, 2.75) is 54.8 Å². The molecule has 29 heavy (non-hydrogen) atoms. The maximum atomic E-state index is 12.7. The van der Waals surface area contributed by atoms with Crippen LogP contribution in [0.5, 0.6) is 0 Å². The van der Waals surface area contributed by atoms with Crippen LogP contribution in [-0.4, -0.2) is 26.4 Å². The summed E-state index contributed by atoms with van der Waals surface area (Å²) in [6.07, 6.45) is 5.74. The predicted octanol–water partition coefficient (Wildman–Crippen LogP) is 3.94. The van der Waals surface area contributed by atoms with Gasteiger partial charge in [0.1, 0.15) is 0 Å². The summed E-state index contributed by atoms with van der Waals surface area (Å²) in [4.78, 5) is 13.0. The highest BCUT2D eigenvalue weighted by Gasteiger charge is 2.38. The molecular formula is C22H27ClN2O3S. The summed E-state index contributed by atoms with van der Waals surface area (Å²) in [5.41, 5.74) is 1.30. The molecule has 0 radical (unpaired) electrons. The van der Waals surface area contributed by atoms with Crippen LogP contribution in [-0.2, 0) is 20.4 Å². The minimum atomic E-state index is -3.41. The molecule has 2 aromatic rings. The van der Waals surface area contributed by atoms with Crippen LogP contribution in [0, 0.1) is 5.92 Å². The smallest absolute Gasteiger partial charge is 0.241 e. The second-order valence-electron chi connectivity index (χ2n) is 7.87. The van der Waals surface area contributed by atoms with Crippen molar-refractivity contribution >= 4 is 33.8 Å². The zero-order valence-corrected chi connectivity index (χ0v) is 17.8. The number of carbonyl (C=O) groups is 1. The fourth-order valence-electron chi connectivity index (χ4n) is 4.42. The van der Waals surface area contributed by atoms with Gasteiger partial charge in [0.15, 0.2) is 9.84 Å². The first-order chi connectivity index (χ1) is 13.5. The first-order valence-corrected chi connectivity index (χ1v) is 11.6. The normalized spacial score (nSPS) is 23.7. The molecule has 1 saturated carbocycles. The topological polar surface area (TPSA) is 75.3 Å². The molecule has 1 aliphatic carbocycles. The number of carbonyl (C=O) groups excluding carboxylic acids is 1. The number of hydrogen-bond donors (Lipinski definition) is 2. The van der Waals surface area contributed by atoms with Gasteiger partial charge in [-0.25, -0.2) is 8.42 Å². The molecule has 3 unspecified atom stereocenters. The molecule has 1 aliphatic heterocycles. The number of sulfone groups is 1. The van der Waals surface area contributed by atoms with E-state index >= 15 is 0 Å². The average Bonchev–Trinajstić information content (AvgIpc) is 3.13. The average molecular weight is 435 g/mol. The van der Waals surface area contributed by atoms with E-state index in [9.17, 15) is 13.2 Å². The Labute approximate surface area is 178 Å². The van der Waals surface area contributed by atoms with Crippen LogP contribution in [0.4, 0.5) is 5.69 Å². The van der Waals surface area contributed by atoms with Crippen LogP contribution in [0.3, 0.4) is 0 Å². The minimum Gasteiger partial charge on any atom is -0.325 e. The summed E-state index contributed by atoms with van der Waals surface area (Å²) >= 11 is 0. The van der Waals surface area contributed by atoms with Gasteiger partial charge >= 0.3 is 0 Å². The van der Waals surface area contributed by atoms with Crippen LogP contribution in [0.1, 0.15) is 37.7 Å². The Morgan fingerprint density at radius 3 is 2.55 bits per heavy atom. The predicted molar refractivity (Wildman–Crippen MR) is 117 cm³/mol. The molecule has 7 heteroatoms. The zero-order valence-electron chi connectivity index (χ0n) is 16.2. The number of anilines is 1. The lowest BCUT2D eigenvalue weighted by molar-refractivity contribution is -0.117. The molecule has 0 spiro atoms. The van der Waals surface area contributed by atoms with Crippen molar-refractivity contribution in [1.29, 1.82) is 0 Å². The second kappa shape index (κ2) is 9.28. The number of halogens is 1. The van der Waals surface area contributed by atoms with Gasteiger partial charge in [-0.15, -0.1) is 12.4 Å². The molecule has 2 fully saturated rings. The molecule has 5 nitrogen and oxygen atoms in total. The number of amides is 1. The molecule has 2 aromatic carbocycles. The van der Waals surface area contributed by atoms with Crippen molar-refractivity contribution in [3.05, 3.63) is 60.2 Å². The molecule has 4 rings (SSSR count). The van der Waals surface area contributed by atoms with Crippen LogP contribution < -0.4 is 10.6 Å². The van der Waals surface area contributed by atoms with Gasteiger partial charge in [0, 0.05) is 11.7 Å². The van der Waals surface area contributed by atoms with E-state index in [0.717, 1.165) is 12.8 Å². The third-order valence-electron chi connectivity index (χ3n) is 5.83. The monoisotopic (exact) mass is 434 g/mol. The first-order valence-electron chi connectivity index (χ1n) is 9.95. The van der Waals surface area contributed by atoms with E-state index in [1.807, 2.05) is 0 Å². The largest absolute Gasteiger partial charge is 0.325 e. The molecular weight excluding hydrogens is 408 g/mol. The molecule has 1 amide bonds. The van der Waals surface area contributed by atoms with Crippen LogP contribution in [0.25, 0.3) is 0 Å². The molecule has 1 saturated heterocycles. The number of benzene rings is 2. The number of rotatable bonds is 5. The Hall–Kier alpha value is -1.89. The van der Waals surface area contributed by atoms with Gasteiger partial charge in [-0.2, -0.15) is 0 Å². The van der Waals surface area contributed by atoms with Gasteiger partial charge in [0.2, 0.25) is 5.91 Å². The maximum Gasteiger partial charge on any atom is 0.241 e. The molecule has 156 valence electrons. The number of fused-ring (bicyclic) bond motifs is 1. The van der Waals surface area contributed by atoms with E-state index in [4.69, 9.17) is 0 Å². The van der Waals surface area contributed by atoms with Crippen molar-refractivity contribution in [2.75, 3.05) is 5.32 Å². The fraction of sp³-hybridized carbons (Fsp3) is 0.409. The van der Waals surface area contributed by atoms with Gasteiger partial charge in [-0.1, -0.05) is 43.2 Å². The van der Waals surface area contributed by atoms with Gasteiger partial charge in [-0.05, 0) is 55.0 Å². The summed E-state index contributed by atoms with van der Waals surface area (Å²) in [5, 5.41) is 6.44. The Balaban J connectivity index is 0.00000240. The fourth-order valence-corrected chi connectivity index (χ4v) is 5.78. The highest BCUT2D eigenvalue weighted by Crippen LogP contribution is 2.33. The highest BCUT2D eigenvalue weighted by atomic mass is 35.5. The van der Waals surface area contributed by atoms with Crippen LogP contribution in [0.15, 0.2) is 59.5 Å². The molecule has 2 aliphatic rings. The molecule has 0 bridgehead atoms. The third-order valence-corrected chi connectivity index (χ3v) is 7.54. The number of hydrogen-bond acceptors (Lipinski definition) is 4. The van der Waals surface area contributed by atoms with E-state index in [0.29, 0.717) is 28.1 Å². The lowest BCUT2D eigenvalue weighted by Crippen LogP contribution is -2.39. The SMILES string of the molecule is Cl.O=C(Nc1cccc(CS(=O)(=O)c2ccccc2)c1)C1CC2CCCCC2N1.